The molecule has 0 amide bonds. The molecule has 94 valence electrons. The van der Waals surface area contributed by atoms with Gasteiger partial charge in [-0.15, -0.1) is 19.6 Å². The molecule has 0 N–H and O–H groups in total. The SMILES string of the molecule is C#CCn1c(=O)n(CC=C)c(=O)n(CC=C)c1=O. The Kier molecular flexibility index (Phi) is 4.27. The van der Waals surface area contributed by atoms with Gasteiger partial charge in [-0.1, -0.05) is 18.1 Å². The Hall–Kier alpha value is -2.55. The fourth-order valence-electron chi connectivity index (χ4n) is 1.48. The van der Waals surface area contributed by atoms with Crippen LogP contribution in [0, 0.1) is 12.3 Å². The van der Waals surface area contributed by atoms with Gasteiger partial charge in [0.15, 0.2) is 0 Å². The van der Waals surface area contributed by atoms with Gasteiger partial charge < -0.3 is 0 Å². The Balaban J connectivity index is 3.76. The number of rotatable bonds is 5. The van der Waals surface area contributed by atoms with E-state index in [1.54, 1.807) is 0 Å². The summed E-state index contributed by atoms with van der Waals surface area (Å²) in [5, 5.41) is 0. The summed E-state index contributed by atoms with van der Waals surface area (Å²) in [6, 6.07) is 0. The van der Waals surface area contributed by atoms with Gasteiger partial charge in [0.1, 0.15) is 0 Å². The lowest BCUT2D eigenvalue weighted by Gasteiger charge is -2.09. The van der Waals surface area contributed by atoms with Gasteiger partial charge in [0.2, 0.25) is 0 Å². The molecule has 0 fully saturated rings. The molecule has 0 spiro atoms. The molecule has 1 rings (SSSR count). The lowest BCUT2D eigenvalue weighted by molar-refractivity contribution is 0.505. The lowest BCUT2D eigenvalue weighted by Crippen LogP contribution is -2.54. The highest BCUT2D eigenvalue weighted by molar-refractivity contribution is 4.90. The van der Waals surface area contributed by atoms with E-state index in [0.29, 0.717) is 0 Å². The van der Waals surface area contributed by atoms with Crippen molar-refractivity contribution in [3.8, 4) is 12.3 Å². The van der Waals surface area contributed by atoms with E-state index in [2.05, 4.69) is 19.1 Å². The predicted octanol–water partition coefficient (Wildman–Crippen LogP) is -0.823. The van der Waals surface area contributed by atoms with Gasteiger partial charge >= 0.3 is 17.1 Å². The molecule has 0 saturated heterocycles. The lowest BCUT2D eigenvalue weighted by atomic mass is 10.5. The fourth-order valence-corrected chi connectivity index (χ4v) is 1.48. The number of terminal acetylenes is 1. The maximum atomic E-state index is 11.9. The standard InChI is InChI=1S/C12H13N3O3/c1-4-7-13-10(16)14(8-5-2)12(18)15(9-6-3)11(13)17/h1,5-6H,2-3,7-9H2. The molecule has 0 radical (unpaired) electrons. The second kappa shape index (κ2) is 5.68. The Morgan fingerprint density at radius 1 is 0.944 bits per heavy atom. The van der Waals surface area contributed by atoms with Crippen molar-refractivity contribution in [1.82, 2.24) is 13.7 Å². The van der Waals surface area contributed by atoms with Crippen LogP contribution in [-0.4, -0.2) is 13.7 Å². The molecular formula is C12H13N3O3. The third kappa shape index (κ3) is 2.25. The van der Waals surface area contributed by atoms with Crippen molar-refractivity contribution in [2.75, 3.05) is 0 Å². The van der Waals surface area contributed by atoms with Crippen LogP contribution >= 0.6 is 0 Å². The Morgan fingerprint density at radius 3 is 1.67 bits per heavy atom. The molecule has 0 aliphatic rings. The van der Waals surface area contributed by atoms with E-state index in [1.165, 1.54) is 12.2 Å². The Bertz CT molecular complexity index is 634. The van der Waals surface area contributed by atoms with E-state index in [1.807, 2.05) is 0 Å². The van der Waals surface area contributed by atoms with Crippen LogP contribution in [0.1, 0.15) is 0 Å². The first-order valence-electron chi connectivity index (χ1n) is 5.18. The van der Waals surface area contributed by atoms with E-state index in [-0.39, 0.29) is 19.6 Å². The van der Waals surface area contributed by atoms with Crippen LogP contribution < -0.4 is 17.1 Å². The van der Waals surface area contributed by atoms with Crippen molar-refractivity contribution in [1.29, 1.82) is 0 Å². The average Bonchev–Trinajstić information content (AvgIpc) is 2.35. The van der Waals surface area contributed by atoms with Gasteiger partial charge in [0, 0.05) is 0 Å². The Labute approximate surface area is 103 Å². The first-order chi connectivity index (χ1) is 8.58. The molecular weight excluding hydrogens is 234 g/mol. The Morgan fingerprint density at radius 2 is 1.33 bits per heavy atom. The van der Waals surface area contributed by atoms with Gasteiger partial charge in [0.05, 0.1) is 19.6 Å². The molecule has 0 aromatic carbocycles. The summed E-state index contributed by atoms with van der Waals surface area (Å²) in [6.07, 6.45) is 7.89. The molecule has 6 nitrogen and oxygen atoms in total. The molecule has 0 bridgehead atoms. The predicted molar refractivity (Wildman–Crippen MR) is 68.4 cm³/mol. The molecule has 0 saturated carbocycles. The van der Waals surface area contributed by atoms with Crippen LogP contribution in [0.15, 0.2) is 39.7 Å². The maximum absolute atomic E-state index is 11.9. The fraction of sp³-hybridized carbons (Fsp3) is 0.250. The van der Waals surface area contributed by atoms with Crippen molar-refractivity contribution < 1.29 is 0 Å². The minimum atomic E-state index is -0.733. The number of allylic oxidation sites excluding steroid dienone is 2. The molecule has 1 aromatic heterocycles. The van der Waals surface area contributed by atoms with Crippen LogP contribution in [0.5, 0.6) is 0 Å². The zero-order valence-electron chi connectivity index (χ0n) is 9.83. The van der Waals surface area contributed by atoms with Gasteiger partial charge in [-0.05, 0) is 0 Å². The van der Waals surface area contributed by atoms with Gasteiger partial charge in [0.25, 0.3) is 0 Å². The molecule has 0 aliphatic carbocycles. The highest BCUT2D eigenvalue weighted by atomic mass is 16.2. The summed E-state index contributed by atoms with van der Waals surface area (Å²) >= 11 is 0. The van der Waals surface area contributed by atoms with Gasteiger partial charge in [-0.25, -0.2) is 28.1 Å². The number of hydrogen-bond acceptors (Lipinski definition) is 3. The smallest absolute Gasteiger partial charge is 0.247 e. The highest BCUT2D eigenvalue weighted by Gasteiger charge is 2.12. The van der Waals surface area contributed by atoms with E-state index in [9.17, 15) is 14.4 Å². The van der Waals surface area contributed by atoms with E-state index >= 15 is 0 Å². The molecule has 0 atom stereocenters. The largest absolute Gasteiger partial charge is 0.337 e. The summed E-state index contributed by atoms with van der Waals surface area (Å²) in [6.45, 7) is 6.75. The summed E-state index contributed by atoms with van der Waals surface area (Å²) in [5.41, 5.74) is -2.16. The zero-order valence-corrected chi connectivity index (χ0v) is 9.83. The van der Waals surface area contributed by atoms with Gasteiger partial charge in [-0.3, -0.25) is 0 Å². The van der Waals surface area contributed by atoms with Crippen molar-refractivity contribution in [3.63, 3.8) is 0 Å². The van der Waals surface area contributed by atoms with E-state index < -0.39 is 17.1 Å². The van der Waals surface area contributed by atoms with Crippen LogP contribution in [0.25, 0.3) is 0 Å². The molecule has 0 aliphatic heterocycles. The first-order valence-corrected chi connectivity index (χ1v) is 5.18. The summed E-state index contributed by atoms with van der Waals surface area (Å²) in [5.74, 6) is 2.21. The minimum absolute atomic E-state index is 0.0136. The van der Waals surface area contributed by atoms with Crippen molar-refractivity contribution in [2.45, 2.75) is 19.6 Å². The number of nitrogens with zero attached hydrogens (tertiary/aromatic N) is 3. The molecule has 18 heavy (non-hydrogen) atoms. The van der Waals surface area contributed by atoms with Crippen molar-refractivity contribution >= 4 is 0 Å². The topological polar surface area (TPSA) is 66.0 Å². The molecule has 1 heterocycles. The summed E-state index contributed by atoms with van der Waals surface area (Å²) < 4.78 is 2.62. The third-order valence-electron chi connectivity index (χ3n) is 2.26. The van der Waals surface area contributed by atoms with Crippen LogP contribution in [0.2, 0.25) is 0 Å². The highest BCUT2D eigenvalue weighted by Crippen LogP contribution is 1.78. The van der Waals surface area contributed by atoms with E-state index in [4.69, 9.17) is 6.42 Å². The van der Waals surface area contributed by atoms with Crippen molar-refractivity contribution in [3.05, 3.63) is 56.8 Å². The molecule has 6 heteroatoms. The summed E-state index contributed by atoms with van der Waals surface area (Å²) in [7, 11) is 0. The summed E-state index contributed by atoms with van der Waals surface area (Å²) in [4.78, 5) is 35.7. The maximum Gasteiger partial charge on any atom is 0.337 e. The van der Waals surface area contributed by atoms with Crippen molar-refractivity contribution in [2.24, 2.45) is 0 Å². The van der Waals surface area contributed by atoms with Gasteiger partial charge in [-0.2, -0.15) is 0 Å². The van der Waals surface area contributed by atoms with Crippen LogP contribution in [0.4, 0.5) is 0 Å². The second-order valence-electron chi connectivity index (χ2n) is 3.44. The zero-order chi connectivity index (χ0) is 13.7. The minimum Gasteiger partial charge on any atom is -0.247 e. The molecule has 0 unspecified atom stereocenters. The molecule has 1 aromatic rings. The quantitative estimate of drug-likeness (QED) is 0.504. The monoisotopic (exact) mass is 247 g/mol. The number of hydrogen-bond donors (Lipinski definition) is 0. The van der Waals surface area contributed by atoms with Crippen LogP contribution in [0.3, 0.4) is 0 Å². The third-order valence-corrected chi connectivity index (χ3v) is 2.26. The second-order valence-corrected chi connectivity index (χ2v) is 3.44. The number of aromatic nitrogens is 3. The van der Waals surface area contributed by atoms with E-state index in [0.717, 1.165) is 13.7 Å². The average molecular weight is 247 g/mol. The van der Waals surface area contributed by atoms with Crippen LogP contribution in [-0.2, 0) is 19.6 Å². The normalized spacial score (nSPS) is 9.72. The first kappa shape index (κ1) is 13.5.